The first-order chi connectivity index (χ1) is 7.66. The van der Waals surface area contributed by atoms with E-state index in [2.05, 4.69) is 10.3 Å². The average molecular weight is 217 g/mol. The number of aromatic nitrogens is 2. The summed E-state index contributed by atoms with van der Waals surface area (Å²) in [6, 6.07) is 6.03. The third-order valence-electron chi connectivity index (χ3n) is 2.18. The normalized spacial score (nSPS) is 10.1. The number of carbonyl (C=O) groups excluding carboxylic acids is 1. The number of hydrogen-bond acceptors (Lipinski definition) is 3. The largest absolute Gasteiger partial charge is 0.508 e. The molecule has 1 aromatic carbocycles. The van der Waals surface area contributed by atoms with Crippen LogP contribution in [0.2, 0.25) is 0 Å². The van der Waals surface area contributed by atoms with Crippen molar-refractivity contribution in [1.29, 1.82) is 0 Å². The highest BCUT2D eigenvalue weighted by atomic mass is 16.3. The van der Waals surface area contributed by atoms with Gasteiger partial charge in [-0.3, -0.25) is 10.1 Å². The smallest absolute Gasteiger partial charge is 0.257 e. The first-order valence-corrected chi connectivity index (χ1v) is 4.74. The van der Waals surface area contributed by atoms with E-state index in [0.29, 0.717) is 11.5 Å². The number of nitrogens with zero attached hydrogens (tertiary/aromatic N) is 2. The number of rotatable bonds is 2. The minimum absolute atomic E-state index is 0.133. The van der Waals surface area contributed by atoms with Crippen molar-refractivity contribution >= 4 is 11.9 Å². The molecule has 2 aromatic rings. The van der Waals surface area contributed by atoms with Gasteiger partial charge in [0.25, 0.3) is 5.91 Å². The lowest BCUT2D eigenvalue weighted by atomic mass is 10.2. The molecule has 0 radical (unpaired) electrons. The number of carbonyl (C=O) groups is 1. The number of phenols is 1. The van der Waals surface area contributed by atoms with Gasteiger partial charge in [-0.05, 0) is 24.3 Å². The van der Waals surface area contributed by atoms with E-state index in [1.807, 2.05) is 0 Å². The molecule has 0 saturated carbocycles. The lowest BCUT2D eigenvalue weighted by Crippen LogP contribution is -2.14. The third-order valence-corrected chi connectivity index (χ3v) is 2.18. The van der Waals surface area contributed by atoms with Crippen molar-refractivity contribution in [1.82, 2.24) is 9.55 Å². The average Bonchev–Trinajstić information content (AvgIpc) is 2.65. The van der Waals surface area contributed by atoms with E-state index in [1.54, 1.807) is 36.1 Å². The molecule has 0 atom stereocenters. The van der Waals surface area contributed by atoms with Crippen LogP contribution in [0.25, 0.3) is 0 Å². The maximum Gasteiger partial charge on any atom is 0.257 e. The summed E-state index contributed by atoms with van der Waals surface area (Å²) in [4.78, 5) is 15.7. The van der Waals surface area contributed by atoms with Gasteiger partial charge in [0.1, 0.15) is 5.75 Å². The Labute approximate surface area is 92.4 Å². The summed E-state index contributed by atoms with van der Waals surface area (Å²) < 4.78 is 1.71. The zero-order chi connectivity index (χ0) is 11.5. The van der Waals surface area contributed by atoms with Crippen LogP contribution in [0.5, 0.6) is 5.75 Å². The quantitative estimate of drug-likeness (QED) is 0.798. The van der Waals surface area contributed by atoms with Gasteiger partial charge in [-0.1, -0.05) is 0 Å². The summed E-state index contributed by atoms with van der Waals surface area (Å²) in [5.74, 6) is 0.362. The Morgan fingerprint density at radius 3 is 2.62 bits per heavy atom. The molecule has 0 aliphatic rings. The number of amides is 1. The summed E-state index contributed by atoms with van der Waals surface area (Å²) in [5, 5.41) is 11.7. The molecule has 0 unspecified atom stereocenters. The molecule has 0 aliphatic carbocycles. The third kappa shape index (κ3) is 2.03. The van der Waals surface area contributed by atoms with Crippen LogP contribution in [0, 0.1) is 0 Å². The Morgan fingerprint density at radius 2 is 2.06 bits per heavy atom. The van der Waals surface area contributed by atoms with Crippen LogP contribution < -0.4 is 5.32 Å². The van der Waals surface area contributed by atoms with Gasteiger partial charge in [0.05, 0.1) is 0 Å². The highest BCUT2D eigenvalue weighted by Crippen LogP contribution is 2.11. The molecule has 1 heterocycles. The minimum Gasteiger partial charge on any atom is -0.508 e. The van der Waals surface area contributed by atoms with Crippen LogP contribution in [-0.2, 0) is 7.05 Å². The van der Waals surface area contributed by atoms with E-state index >= 15 is 0 Å². The van der Waals surface area contributed by atoms with Gasteiger partial charge in [-0.25, -0.2) is 4.98 Å². The van der Waals surface area contributed by atoms with Crippen molar-refractivity contribution in [3.8, 4) is 5.75 Å². The monoisotopic (exact) mass is 217 g/mol. The molecule has 1 aromatic heterocycles. The van der Waals surface area contributed by atoms with E-state index < -0.39 is 0 Å². The number of phenolic OH excluding ortho intramolecular Hbond substituents is 1. The zero-order valence-electron chi connectivity index (χ0n) is 8.71. The number of imidazole rings is 1. The molecular weight excluding hydrogens is 206 g/mol. The first-order valence-electron chi connectivity index (χ1n) is 4.74. The molecule has 16 heavy (non-hydrogen) atoms. The van der Waals surface area contributed by atoms with Gasteiger partial charge in [0.15, 0.2) is 0 Å². The molecule has 82 valence electrons. The highest BCUT2D eigenvalue weighted by molar-refractivity contribution is 6.03. The topological polar surface area (TPSA) is 67.2 Å². The zero-order valence-corrected chi connectivity index (χ0v) is 8.71. The van der Waals surface area contributed by atoms with Gasteiger partial charge in [0.2, 0.25) is 5.95 Å². The molecule has 5 nitrogen and oxygen atoms in total. The molecule has 1 amide bonds. The number of anilines is 1. The Balaban J connectivity index is 2.15. The molecule has 0 bridgehead atoms. The Kier molecular flexibility index (Phi) is 2.59. The van der Waals surface area contributed by atoms with Crippen LogP contribution in [0.15, 0.2) is 36.7 Å². The molecule has 2 rings (SSSR count). The lowest BCUT2D eigenvalue weighted by molar-refractivity contribution is 0.102. The predicted octanol–water partition coefficient (Wildman–Crippen LogP) is 1.38. The van der Waals surface area contributed by atoms with Crippen LogP contribution in [0.4, 0.5) is 5.95 Å². The molecule has 5 heteroatoms. The van der Waals surface area contributed by atoms with Gasteiger partial charge >= 0.3 is 0 Å². The number of benzene rings is 1. The fourth-order valence-electron chi connectivity index (χ4n) is 1.27. The van der Waals surface area contributed by atoms with Crippen LogP contribution >= 0.6 is 0 Å². The summed E-state index contributed by atoms with van der Waals surface area (Å²) in [6.45, 7) is 0. The van der Waals surface area contributed by atoms with E-state index in [4.69, 9.17) is 5.11 Å². The van der Waals surface area contributed by atoms with Crippen LogP contribution in [0.3, 0.4) is 0 Å². The van der Waals surface area contributed by atoms with Gasteiger partial charge < -0.3 is 9.67 Å². The Bertz CT molecular complexity index is 502. The van der Waals surface area contributed by atoms with Crippen molar-refractivity contribution in [2.75, 3.05) is 5.32 Å². The van der Waals surface area contributed by atoms with E-state index in [0.717, 1.165) is 0 Å². The van der Waals surface area contributed by atoms with Crippen molar-refractivity contribution in [2.45, 2.75) is 0 Å². The molecular formula is C11H11N3O2. The second-order valence-corrected chi connectivity index (χ2v) is 3.36. The van der Waals surface area contributed by atoms with Gasteiger partial charge in [-0.2, -0.15) is 0 Å². The standard InChI is InChI=1S/C11H11N3O2/c1-14-7-6-12-11(14)13-10(16)8-2-4-9(15)5-3-8/h2-7,15H,1H3,(H,12,13,16). The number of aryl methyl sites for hydroxylation is 1. The maximum absolute atomic E-state index is 11.7. The highest BCUT2D eigenvalue weighted by Gasteiger charge is 2.08. The summed E-state index contributed by atoms with van der Waals surface area (Å²) in [6.07, 6.45) is 3.35. The lowest BCUT2D eigenvalue weighted by Gasteiger charge is -2.04. The van der Waals surface area contributed by atoms with Crippen LogP contribution in [0.1, 0.15) is 10.4 Å². The summed E-state index contributed by atoms with van der Waals surface area (Å²) in [5.41, 5.74) is 0.473. The fraction of sp³-hybridized carbons (Fsp3) is 0.0909. The van der Waals surface area contributed by atoms with Gasteiger partial charge in [-0.15, -0.1) is 0 Å². The van der Waals surface area contributed by atoms with E-state index in [9.17, 15) is 4.79 Å². The SMILES string of the molecule is Cn1ccnc1NC(=O)c1ccc(O)cc1. The minimum atomic E-state index is -0.255. The molecule has 0 fully saturated rings. The molecule has 0 spiro atoms. The van der Waals surface area contributed by atoms with Crippen LogP contribution in [-0.4, -0.2) is 20.6 Å². The van der Waals surface area contributed by atoms with Crippen molar-refractivity contribution in [2.24, 2.45) is 7.05 Å². The second-order valence-electron chi connectivity index (χ2n) is 3.36. The molecule has 0 aliphatic heterocycles. The summed E-state index contributed by atoms with van der Waals surface area (Å²) in [7, 11) is 1.79. The Hall–Kier alpha value is -2.30. The molecule has 0 saturated heterocycles. The second kappa shape index (κ2) is 4.06. The van der Waals surface area contributed by atoms with Crippen molar-refractivity contribution in [3.63, 3.8) is 0 Å². The summed E-state index contributed by atoms with van der Waals surface area (Å²) >= 11 is 0. The first kappa shape index (κ1) is 10.2. The van der Waals surface area contributed by atoms with Gasteiger partial charge in [0, 0.05) is 25.0 Å². The molecule has 2 N–H and O–H groups in total. The fourth-order valence-corrected chi connectivity index (χ4v) is 1.27. The van der Waals surface area contributed by atoms with Crippen molar-refractivity contribution < 1.29 is 9.90 Å². The number of nitrogens with one attached hydrogen (secondary N) is 1. The number of hydrogen-bond donors (Lipinski definition) is 2. The van der Waals surface area contributed by atoms with Crippen molar-refractivity contribution in [3.05, 3.63) is 42.2 Å². The van der Waals surface area contributed by atoms with E-state index in [-0.39, 0.29) is 11.7 Å². The maximum atomic E-state index is 11.7. The van der Waals surface area contributed by atoms with E-state index in [1.165, 1.54) is 12.1 Å². The predicted molar refractivity (Wildman–Crippen MR) is 59.3 cm³/mol. The number of aromatic hydroxyl groups is 1. The Morgan fingerprint density at radius 1 is 1.38 bits per heavy atom.